The molecule has 154 valence electrons. The van der Waals surface area contributed by atoms with Gasteiger partial charge in [-0.15, -0.1) is 0 Å². The van der Waals surface area contributed by atoms with Crippen LogP contribution in [0.25, 0.3) is 0 Å². The van der Waals surface area contributed by atoms with E-state index in [0.29, 0.717) is 35.0 Å². The number of hydrogen-bond acceptors (Lipinski definition) is 4. The first-order chi connectivity index (χ1) is 14.6. The van der Waals surface area contributed by atoms with E-state index in [2.05, 4.69) is 10.6 Å². The Morgan fingerprint density at radius 1 is 0.900 bits per heavy atom. The number of benzene rings is 3. The molecule has 0 aliphatic rings. The molecule has 30 heavy (non-hydrogen) atoms. The minimum Gasteiger partial charge on any atom is -0.483 e. The lowest BCUT2D eigenvalue weighted by Gasteiger charge is -2.14. The fourth-order valence-electron chi connectivity index (χ4n) is 2.88. The van der Waals surface area contributed by atoms with Crippen molar-refractivity contribution in [2.75, 3.05) is 18.5 Å². The Bertz CT molecular complexity index is 1020. The van der Waals surface area contributed by atoms with Gasteiger partial charge in [0.05, 0.1) is 5.56 Å². The minimum absolute atomic E-state index is 0.221. The third-order valence-electron chi connectivity index (χ3n) is 4.24. The zero-order chi connectivity index (χ0) is 21.3. The van der Waals surface area contributed by atoms with Gasteiger partial charge in [-0.25, -0.2) is 0 Å². The molecule has 3 aromatic rings. The predicted molar refractivity (Wildman–Crippen MR) is 116 cm³/mol. The summed E-state index contributed by atoms with van der Waals surface area (Å²) >= 11 is 0. The number of aryl methyl sites for hydroxylation is 1. The Kier molecular flexibility index (Phi) is 7.05. The van der Waals surface area contributed by atoms with Crippen LogP contribution in [-0.4, -0.2) is 25.0 Å². The van der Waals surface area contributed by atoms with Crippen LogP contribution in [0.15, 0.2) is 72.8 Å². The highest BCUT2D eigenvalue weighted by Crippen LogP contribution is 2.25. The van der Waals surface area contributed by atoms with Gasteiger partial charge in [0.15, 0.2) is 6.61 Å². The molecular weight excluding hydrogens is 380 g/mol. The summed E-state index contributed by atoms with van der Waals surface area (Å²) in [6.45, 7) is 3.97. The van der Waals surface area contributed by atoms with Crippen LogP contribution < -0.4 is 20.1 Å². The number of rotatable bonds is 8. The van der Waals surface area contributed by atoms with Crippen molar-refractivity contribution >= 4 is 17.5 Å². The third kappa shape index (κ3) is 5.61. The van der Waals surface area contributed by atoms with Crippen molar-refractivity contribution in [3.63, 3.8) is 0 Å². The van der Waals surface area contributed by atoms with Gasteiger partial charge >= 0.3 is 0 Å². The first-order valence-electron chi connectivity index (χ1n) is 9.70. The lowest BCUT2D eigenvalue weighted by atomic mass is 10.1. The Balaban J connectivity index is 1.63. The molecule has 0 fully saturated rings. The van der Waals surface area contributed by atoms with Gasteiger partial charge in [-0.2, -0.15) is 0 Å². The highest BCUT2D eigenvalue weighted by molar-refractivity contribution is 5.97. The summed E-state index contributed by atoms with van der Waals surface area (Å²) in [5.74, 6) is 1.15. The first kappa shape index (κ1) is 20.9. The summed E-state index contributed by atoms with van der Waals surface area (Å²) in [5.41, 5.74) is 1.78. The molecule has 6 nitrogen and oxygen atoms in total. The normalized spacial score (nSPS) is 10.2. The van der Waals surface area contributed by atoms with E-state index in [9.17, 15) is 9.59 Å². The van der Waals surface area contributed by atoms with E-state index >= 15 is 0 Å². The average molecular weight is 404 g/mol. The molecule has 2 N–H and O–H groups in total. The molecule has 0 bridgehead atoms. The van der Waals surface area contributed by atoms with Crippen molar-refractivity contribution in [3.8, 4) is 17.2 Å². The lowest BCUT2D eigenvalue weighted by Crippen LogP contribution is -2.25. The van der Waals surface area contributed by atoms with Crippen LogP contribution in [0.4, 0.5) is 5.69 Å². The van der Waals surface area contributed by atoms with Crippen LogP contribution in [-0.2, 0) is 4.79 Å². The molecule has 0 saturated carbocycles. The number of para-hydroxylation sites is 2. The predicted octanol–water partition coefficient (Wildman–Crippen LogP) is 4.55. The molecule has 0 radical (unpaired) electrons. The fourth-order valence-corrected chi connectivity index (χ4v) is 2.88. The monoisotopic (exact) mass is 404 g/mol. The smallest absolute Gasteiger partial charge is 0.262 e. The fraction of sp³-hybridized carbons (Fsp3) is 0.167. The van der Waals surface area contributed by atoms with E-state index in [0.717, 1.165) is 5.56 Å². The quantitative estimate of drug-likeness (QED) is 0.577. The number of ether oxygens (including phenoxy) is 2. The molecule has 2 amide bonds. The van der Waals surface area contributed by atoms with Crippen LogP contribution in [0, 0.1) is 6.92 Å². The van der Waals surface area contributed by atoms with E-state index in [1.165, 1.54) is 0 Å². The van der Waals surface area contributed by atoms with E-state index in [1.54, 1.807) is 30.3 Å². The first-order valence-corrected chi connectivity index (χ1v) is 9.70. The number of amides is 2. The summed E-state index contributed by atoms with van der Waals surface area (Å²) < 4.78 is 11.5. The van der Waals surface area contributed by atoms with Gasteiger partial charge in [0, 0.05) is 18.3 Å². The molecular formula is C24H24N2O4. The highest BCUT2D eigenvalue weighted by Gasteiger charge is 2.15. The Morgan fingerprint density at radius 2 is 1.63 bits per heavy atom. The van der Waals surface area contributed by atoms with Crippen LogP contribution in [0.5, 0.6) is 17.2 Å². The lowest BCUT2D eigenvalue weighted by molar-refractivity contribution is -0.118. The van der Waals surface area contributed by atoms with E-state index < -0.39 is 0 Å². The summed E-state index contributed by atoms with van der Waals surface area (Å²) in [6, 6.07) is 21.8. The Hall–Kier alpha value is -3.80. The maximum Gasteiger partial charge on any atom is 0.262 e. The molecule has 0 aliphatic heterocycles. The maximum absolute atomic E-state index is 12.4. The molecule has 0 saturated heterocycles. The van der Waals surface area contributed by atoms with Crippen LogP contribution in [0.3, 0.4) is 0 Å². The van der Waals surface area contributed by atoms with Crippen LogP contribution in [0.1, 0.15) is 22.8 Å². The number of nitrogens with one attached hydrogen (secondary N) is 2. The standard InChI is InChI=1S/C24H24N2O4/c1-3-25-24(28)21-14-7-9-17(2)23(21)29-16-22(27)26-18-10-8-13-20(15-18)30-19-11-5-4-6-12-19/h4-15H,3,16H2,1-2H3,(H,25,28)(H,26,27). The average Bonchev–Trinajstić information content (AvgIpc) is 2.74. The summed E-state index contributed by atoms with van der Waals surface area (Å²) in [4.78, 5) is 24.6. The van der Waals surface area contributed by atoms with Gasteiger partial charge in [-0.1, -0.05) is 36.4 Å². The SMILES string of the molecule is CCNC(=O)c1cccc(C)c1OCC(=O)Nc1cccc(Oc2ccccc2)c1. The summed E-state index contributed by atoms with van der Waals surface area (Å²) in [5, 5.41) is 5.54. The molecule has 0 heterocycles. The van der Waals surface area contributed by atoms with E-state index in [4.69, 9.17) is 9.47 Å². The van der Waals surface area contributed by atoms with Crippen molar-refractivity contribution in [3.05, 3.63) is 83.9 Å². The summed E-state index contributed by atoms with van der Waals surface area (Å²) in [6.07, 6.45) is 0. The Morgan fingerprint density at radius 3 is 2.40 bits per heavy atom. The summed E-state index contributed by atoms with van der Waals surface area (Å²) in [7, 11) is 0. The molecule has 6 heteroatoms. The molecule has 3 rings (SSSR count). The molecule has 0 aromatic heterocycles. The second-order valence-corrected chi connectivity index (χ2v) is 6.59. The third-order valence-corrected chi connectivity index (χ3v) is 4.24. The van der Waals surface area contributed by atoms with Crippen LogP contribution >= 0.6 is 0 Å². The van der Waals surface area contributed by atoms with Gasteiger partial charge in [0.25, 0.3) is 11.8 Å². The Labute approximate surface area is 175 Å². The molecule has 3 aromatic carbocycles. The van der Waals surface area contributed by atoms with Gasteiger partial charge in [0.1, 0.15) is 17.2 Å². The highest BCUT2D eigenvalue weighted by atomic mass is 16.5. The zero-order valence-corrected chi connectivity index (χ0v) is 17.0. The van der Waals surface area contributed by atoms with Crippen LogP contribution in [0.2, 0.25) is 0 Å². The zero-order valence-electron chi connectivity index (χ0n) is 17.0. The van der Waals surface area contributed by atoms with Gasteiger partial charge in [0.2, 0.25) is 0 Å². The van der Waals surface area contributed by atoms with Gasteiger partial charge in [-0.3, -0.25) is 9.59 Å². The minimum atomic E-state index is -0.336. The van der Waals surface area contributed by atoms with E-state index in [-0.39, 0.29) is 18.4 Å². The second kappa shape index (κ2) is 10.1. The van der Waals surface area contributed by atoms with Gasteiger partial charge < -0.3 is 20.1 Å². The molecule has 0 spiro atoms. The van der Waals surface area contributed by atoms with Crippen molar-refractivity contribution in [2.45, 2.75) is 13.8 Å². The molecule has 0 aliphatic carbocycles. The topological polar surface area (TPSA) is 76.7 Å². The number of carbonyl (C=O) groups excluding carboxylic acids is 2. The largest absolute Gasteiger partial charge is 0.483 e. The molecule has 0 unspecified atom stereocenters. The van der Waals surface area contributed by atoms with Crippen molar-refractivity contribution in [1.82, 2.24) is 5.32 Å². The maximum atomic E-state index is 12.4. The van der Waals surface area contributed by atoms with E-state index in [1.807, 2.05) is 56.3 Å². The van der Waals surface area contributed by atoms with Crippen molar-refractivity contribution in [1.29, 1.82) is 0 Å². The number of hydrogen-bond donors (Lipinski definition) is 2. The number of anilines is 1. The second-order valence-electron chi connectivity index (χ2n) is 6.59. The van der Waals surface area contributed by atoms with Crippen molar-refractivity contribution in [2.24, 2.45) is 0 Å². The number of carbonyl (C=O) groups is 2. The van der Waals surface area contributed by atoms with Gasteiger partial charge in [-0.05, 0) is 49.7 Å². The molecule has 0 atom stereocenters. The van der Waals surface area contributed by atoms with Crippen molar-refractivity contribution < 1.29 is 19.1 Å².